The monoisotopic (exact) mass is 580 g/mol. The lowest BCUT2D eigenvalue weighted by atomic mass is 9.88. The molecule has 0 saturated carbocycles. The van der Waals surface area contributed by atoms with Gasteiger partial charge in [-0.3, -0.25) is 4.79 Å². The molecular weight excluding hydrogens is 544 g/mol. The Morgan fingerprint density at radius 1 is 0.705 bits per heavy atom. The summed E-state index contributed by atoms with van der Waals surface area (Å²) in [6.45, 7) is 1.71. The van der Waals surface area contributed by atoms with Crippen molar-refractivity contribution in [1.29, 1.82) is 0 Å². The molecule has 6 rings (SSSR count). The van der Waals surface area contributed by atoms with E-state index in [-0.39, 0.29) is 11.8 Å². The van der Waals surface area contributed by atoms with Crippen molar-refractivity contribution in [1.82, 2.24) is 9.88 Å². The van der Waals surface area contributed by atoms with Crippen molar-refractivity contribution in [3.63, 3.8) is 0 Å². The first-order chi connectivity index (χ1) is 21.7. The second kappa shape index (κ2) is 13.8. The van der Waals surface area contributed by atoms with Crippen LogP contribution in [0.1, 0.15) is 40.2 Å². The lowest BCUT2D eigenvalue weighted by molar-refractivity contribution is -0.121. The normalized spacial score (nSPS) is 11.7. The predicted octanol–water partition coefficient (Wildman–Crippen LogP) is 8.12. The Morgan fingerprint density at radius 3 is 2.05 bits per heavy atom. The number of rotatable bonds is 12. The lowest BCUT2D eigenvalue weighted by Gasteiger charge is -2.18. The van der Waals surface area contributed by atoms with E-state index in [0.29, 0.717) is 26.1 Å². The minimum atomic E-state index is -0.143. The summed E-state index contributed by atoms with van der Waals surface area (Å²) in [6, 6.07) is 44.9. The number of para-hydroxylation sites is 1. The molecule has 1 N–H and O–H groups in total. The summed E-state index contributed by atoms with van der Waals surface area (Å²) in [5.41, 5.74) is 6.70. The van der Waals surface area contributed by atoms with Gasteiger partial charge in [0.1, 0.15) is 18.1 Å². The highest BCUT2D eigenvalue weighted by molar-refractivity contribution is 5.87. The fraction of sp³-hybridized carbons (Fsp3) is 0.154. The summed E-state index contributed by atoms with van der Waals surface area (Å²) in [7, 11) is 1.68. The van der Waals surface area contributed by atoms with E-state index in [1.54, 1.807) is 7.11 Å². The van der Waals surface area contributed by atoms with Crippen LogP contribution in [0.15, 0.2) is 140 Å². The molecule has 0 radical (unpaired) electrons. The van der Waals surface area contributed by atoms with Gasteiger partial charge in [-0.25, -0.2) is 0 Å². The molecule has 1 aromatic heterocycles. The second-order valence-electron chi connectivity index (χ2n) is 10.9. The standard InChI is InChI=1S/C39H36N2O3/c1-43-33-20-16-30(17-21-33)26-41-27-37(35-14-8-9-15-38(35)41)36(24-39(42)40-25-29-10-4-2-5-11-29)32-18-22-34(23-19-32)44-28-31-12-6-3-7-13-31/h2-23,27,36H,24-26,28H2,1H3,(H,40,42)/t36-/m0/s1. The molecule has 0 aliphatic rings. The average Bonchev–Trinajstić information content (AvgIpc) is 3.44. The van der Waals surface area contributed by atoms with Crippen LogP contribution in [0.2, 0.25) is 0 Å². The third-order valence-electron chi connectivity index (χ3n) is 7.96. The molecule has 1 amide bonds. The maximum Gasteiger partial charge on any atom is 0.221 e. The van der Waals surface area contributed by atoms with Gasteiger partial charge < -0.3 is 19.4 Å². The number of fused-ring (bicyclic) bond motifs is 1. The van der Waals surface area contributed by atoms with Gasteiger partial charge >= 0.3 is 0 Å². The molecule has 1 heterocycles. The van der Waals surface area contributed by atoms with Gasteiger partial charge in [-0.2, -0.15) is 0 Å². The van der Waals surface area contributed by atoms with Gasteiger partial charge in [-0.05, 0) is 58.1 Å². The van der Waals surface area contributed by atoms with Crippen molar-refractivity contribution in [3.8, 4) is 11.5 Å². The number of methoxy groups -OCH3 is 1. The number of carbonyl (C=O) groups excluding carboxylic acids is 1. The summed E-state index contributed by atoms with van der Waals surface area (Å²) in [5, 5.41) is 4.29. The van der Waals surface area contributed by atoms with Crippen LogP contribution in [-0.2, 0) is 24.5 Å². The Labute approximate surface area is 258 Å². The van der Waals surface area contributed by atoms with Crippen LogP contribution in [0.4, 0.5) is 0 Å². The van der Waals surface area contributed by atoms with Crippen LogP contribution >= 0.6 is 0 Å². The largest absolute Gasteiger partial charge is 0.497 e. The fourth-order valence-corrected chi connectivity index (χ4v) is 5.61. The highest BCUT2D eigenvalue weighted by Crippen LogP contribution is 2.36. The van der Waals surface area contributed by atoms with E-state index in [1.807, 2.05) is 72.8 Å². The Kier molecular flexibility index (Phi) is 9.03. The van der Waals surface area contributed by atoms with Crippen molar-refractivity contribution < 1.29 is 14.3 Å². The first-order valence-electron chi connectivity index (χ1n) is 14.9. The molecule has 0 aliphatic heterocycles. The summed E-state index contributed by atoms with van der Waals surface area (Å²) in [4.78, 5) is 13.4. The van der Waals surface area contributed by atoms with Crippen molar-refractivity contribution in [3.05, 3.63) is 167 Å². The Balaban J connectivity index is 1.29. The summed E-state index contributed by atoms with van der Waals surface area (Å²) >= 11 is 0. The number of benzene rings is 5. The molecule has 6 aromatic rings. The molecule has 0 bridgehead atoms. The van der Waals surface area contributed by atoms with Crippen LogP contribution in [0.3, 0.4) is 0 Å². The maximum atomic E-state index is 13.4. The first-order valence-corrected chi connectivity index (χ1v) is 14.9. The number of ether oxygens (including phenoxy) is 2. The van der Waals surface area contributed by atoms with Crippen molar-refractivity contribution in [2.24, 2.45) is 0 Å². The minimum absolute atomic E-state index is 0.00948. The number of amides is 1. The summed E-state index contributed by atoms with van der Waals surface area (Å²) in [5.74, 6) is 1.50. The van der Waals surface area contributed by atoms with Crippen LogP contribution in [0.25, 0.3) is 10.9 Å². The average molecular weight is 581 g/mol. The molecule has 0 saturated heterocycles. The Morgan fingerprint density at radius 2 is 1.34 bits per heavy atom. The third-order valence-corrected chi connectivity index (χ3v) is 7.96. The van der Waals surface area contributed by atoms with Gasteiger partial charge in [-0.15, -0.1) is 0 Å². The molecule has 0 unspecified atom stereocenters. The minimum Gasteiger partial charge on any atom is -0.497 e. The van der Waals surface area contributed by atoms with Crippen molar-refractivity contribution in [2.45, 2.75) is 32.0 Å². The predicted molar refractivity (Wildman–Crippen MR) is 176 cm³/mol. The summed E-state index contributed by atoms with van der Waals surface area (Å²) < 4.78 is 13.7. The first kappa shape index (κ1) is 28.8. The third kappa shape index (κ3) is 7.01. The van der Waals surface area contributed by atoms with E-state index < -0.39 is 0 Å². The highest BCUT2D eigenvalue weighted by atomic mass is 16.5. The van der Waals surface area contributed by atoms with E-state index in [1.165, 1.54) is 5.56 Å². The molecular formula is C39H36N2O3. The molecule has 5 aromatic carbocycles. The molecule has 44 heavy (non-hydrogen) atoms. The Hall–Kier alpha value is -5.29. The number of nitrogens with one attached hydrogen (secondary N) is 1. The van der Waals surface area contributed by atoms with Gasteiger partial charge in [0, 0.05) is 42.5 Å². The molecule has 1 atom stereocenters. The maximum absolute atomic E-state index is 13.4. The number of hydrogen-bond acceptors (Lipinski definition) is 3. The van der Waals surface area contributed by atoms with Gasteiger partial charge in [0.25, 0.3) is 0 Å². The molecule has 5 heteroatoms. The molecule has 0 spiro atoms. The molecule has 5 nitrogen and oxygen atoms in total. The van der Waals surface area contributed by atoms with Crippen LogP contribution < -0.4 is 14.8 Å². The van der Waals surface area contributed by atoms with Crippen LogP contribution in [-0.4, -0.2) is 17.6 Å². The van der Waals surface area contributed by atoms with Crippen LogP contribution in [0, 0.1) is 0 Å². The van der Waals surface area contributed by atoms with E-state index in [9.17, 15) is 4.79 Å². The number of aromatic nitrogens is 1. The number of nitrogens with zero attached hydrogens (tertiary/aromatic N) is 1. The van der Waals surface area contributed by atoms with E-state index in [2.05, 4.69) is 76.7 Å². The second-order valence-corrected chi connectivity index (χ2v) is 10.9. The van der Waals surface area contributed by atoms with Gasteiger partial charge in [0.2, 0.25) is 5.91 Å². The van der Waals surface area contributed by atoms with E-state index >= 15 is 0 Å². The molecule has 220 valence electrons. The fourth-order valence-electron chi connectivity index (χ4n) is 5.61. The molecule has 0 fully saturated rings. The van der Waals surface area contributed by atoms with Gasteiger partial charge in [0.15, 0.2) is 0 Å². The SMILES string of the molecule is COc1ccc(Cn2cc([C@@H](CC(=O)NCc3ccccc3)c3ccc(OCc4ccccc4)cc3)c3ccccc32)cc1. The zero-order valence-electron chi connectivity index (χ0n) is 24.9. The summed E-state index contributed by atoms with van der Waals surface area (Å²) in [6.07, 6.45) is 2.54. The van der Waals surface area contributed by atoms with E-state index in [0.717, 1.165) is 44.7 Å². The van der Waals surface area contributed by atoms with Gasteiger partial charge in [0.05, 0.1) is 7.11 Å². The number of carbonyl (C=O) groups is 1. The highest BCUT2D eigenvalue weighted by Gasteiger charge is 2.23. The molecule has 0 aliphatic carbocycles. The quantitative estimate of drug-likeness (QED) is 0.159. The smallest absolute Gasteiger partial charge is 0.221 e. The van der Waals surface area contributed by atoms with Crippen molar-refractivity contribution in [2.75, 3.05) is 7.11 Å². The van der Waals surface area contributed by atoms with Gasteiger partial charge in [-0.1, -0.05) is 103 Å². The topological polar surface area (TPSA) is 52.5 Å². The number of hydrogen-bond donors (Lipinski definition) is 1. The van der Waals surface area contributed by atoms with Crippen LogP contribution in [0.5, 0.6) is 11.5 Å². The zero-order chi connectivity index (χ0) is 30.1. The lowest BCUT2D eigenvalue weighted by Crippen LogP contribution is -2.25. The van der Waals surface area contributed by atoms with Crippen molar-refractivity contribution >= 4 is 16.8 Å². The Bertz CT molecular complexity index is 1790. The van der Waals surface area contributed by atoms with E-state index in [4.69, 9.17) is 9.47 Å². The zero-order valence-corrected chi connectivity index (χ0v) is 24.9.